The van der Waals surface area contributed by atoms with Crippen molar-refractivity contribution in [2.24, 2.45) is 0 Å². The molecule has 3 rings (SSSR count). The molecule has 0 unspecified atom stereocenters. The van der Waals surface area contributed by atoms with Crippen LogP contribution in [0.25, 0.3) is 0 Å². The molecule has 0 aromatic heterocycles. The fourth-order valence-electron chi connectivity index (χ4n) is 3.34. The number of amides is 3. The van der Waals surface area contributed by atoms with E-state index in [0.29, 0.717) is 34.2 Å². The summed E-state index contributed by atoms with van der Waals surface area (Å²) in [7, 11) is 0. The van der Waals surface area contributed by atoms with Gasteiger partial charge in [0.05, 0.1) is 23.5 Å². The van der Waals surface area contributed by atoms with Gasteiger partial charge in [0.2, 0.25) is 11.8 Å². The van der Waals surface area contributed by atoms with Crippen molar-refractivity contribution in [1.29, 1.82) is 0 Å². The molecule has 0 aliphatic carbocycles. The van der Waals surface area contributed by atoms with Gasteiger partial charge in [-0.25, -0.2) is 0 Å². The van der Waals surface area contributed by atoms with Gasteiger partial charge in [-0.3, -0.25) is 14.4 Å². The molecule has 3 N–H and O–H groups in total. The second kappa shape index (κ2) is 8.96. The molecule has 0 spiro atoms. The molecule has 29 heavy (non-hydrogen) atoms. The van der Waals surface area contributed by atoms with Crippen LogP contribution >= 0.6 is 11.6 Å². The predicted octanol–water partition coefficient (Wildman–Crippen LogP) is 3.27. The molecule has 2 aromatic rings. The Kier molecular flexibility index (Phi) is 6.39. The number of para-hydroxylation sites is 2. The van der Waals surface area contributed by atoms with Gasteiger partial charge in [-0.2, -0.15) is 0 Å². The predicted molar refractivity (Wildman–Crippen MR) is 115 cm³/mol. The Balaban J connectivity index is 1.83. The largest absolute Gasteiger partial charge is 0.375 e. The molecule has 1 heterocycles. The van der Waals surface area contributed by atoms with Crippen molar-refractivity contribution in [3.63, 3.8) is 0 Å². The molecule has 0 radical (unpaired) electrons. The third-order valence-corrected chi connectivity index (χ3v) is 4.86. The molecule has 0 bridgehead atoms. The number of carbonyl (C=O) groups excluding carboxylic acids is 3. The molecule has 0 saturated carbocycles. The molecular weight excluding hydrogens is 392 g/mol. The zero-order valence-electron chi connectivity index (χ0n) is 16.3. The first-order valence-corrected chi connectivity index (χ1v) is 9.81. The molecule has 2 aromatic carbocycles. The van der Waals surface area contributed by atoms with Gasteiger partial charge in [0, 0.05) is 29.7 Å². The third-order valence-electron chi connectivity index (χ3n) is 4.62. The molecule has 0 saturated heterocycles. The van der Waals surface area contributed by atoms with Crippen LogP contribution in [-0.2, 0) is 9.59 Å². The van der Waals surface area contributed by atoms with E-state index in [2.05, 4.69) is 16.0 Å². The van der Waals surface area contributed by atoms with Crippen LogP contribution < -0.4 is 20.9 Å². The molecule has 7 nitrogen and oxygen atoms in total. The number of hydrogen-bond acceptors (Lipinski definition) is 4. The number of nitrogens with zero attached hydrogens (tertiary/aromatic N) is 1. The summed E-state index contributed by atoms with van der Waals surface area (Å²) in [4.78, 5) is 39.1. The van der Waals surface area contributed by atoms with Gasteiger partial charge in [-0.1, -0.05) is 23.7 Å². The summed E-state index contributed by atoms with van der Waals surface area (Å²) in [6, 6.07) is 11.7. The highest BCUT2D eigenvalue weighted by Gasteiger charge is 2.29. The van der Waals surface area contributed by atoms with Crippen LogP contribution in [-0.4, -0.2) is 36.9 Å². The van der Waals surface area contributed by atoms with Crippen LogP contribution in [0, 0.1) is 0 Å². The summed E-state index contributed by atoms with van der Waals surface area (Å²) in [6.07, 6.45) is 0.196. The maximum absolute atomic E-state index is 13.1. The van der Waals surface area contributed by atoms with Crippen molar-refractivity contribution in [1.82, 2.24) is 5.32 Å². The highest BCUT2D eigenvalue weighted by Crippen LogP contribution is 2.31. The van der Waals surface area contributed by atoms with E-state index in [1.807, 2.05) is 19.9 Å². The molecule has 1 aliphatic heterocycles. The smallest absolute Gasteiger partial charge is 0.253 e. The van der Waals surface area contributed by atoms with E-state index in [-0.39, 0.29) is 36.7 Å². The summed E-state index contributed by atoms with van der Waals surface area (Å²) in [5.74, 6) is -0.604. The lowest BCUT2D eigenvalue weighted by Crippen LogP contribution is -2.42. The number of benzene rings is 2. The monoisotopic (exact) mass is 414 g/mol. The van der Waals surface area contributed by atoms with E-state index in [9.17, 15) is 14.4 Å². The Morgan fingerprint density at radius 2 is 2.00 bits per heavy atom. The van der Waals surface area contributed by atoms with Gasteiger partial charge in [0.1, 0.15) is 0 Å². The van der Waals surface area contributed by atoms with Crippen LogP contribution in [0.15, 0.2) is 42.5 Å². The second-order valence-corrected chi connectivity index (χ2v) is 7.22. The minimum absolute atomic E-state index is 0.0559. The lowest BCUT2D eigenvalue weighted by Gasteiger charge is -2.28. The molecule has 8 heteroatoms. The number of rotatable bonds is 5. The highest BCUT2D eigenvalue weighted by molar-refractivity contribution is 6.31. The van der Waals surface area contributed by atoms with Gasteiger partial charge < -0.3 is 20.9 Å². The van der Waals surface area contributed by atoms with Crippen LogP contribution in [0.3, 0.4) is 0 Å². The lowest BCUT2D eigenvalue weighted by molar-refractivity contribution is -0.118. The Labute approximate surface area is 174 Å². The summed E-state index contributed by atoms with van der Waals surface area (Å²) >= 11 is 6.08. The Hall–Kier alpha value is -3.06. The van der Waals surface area contributed by atoms with Crippen molar-refractivity contribution >= 4 is 46.4 Å². The van der Waals surface area contributed by atoms with Crippen LogP contribution in [0.4, 0.5) is 17.1 Å². The number of hydrogen-bond donors (Lipinski definition) is 3. The lowest BCUT2D eigenvalue weighted by atomic mass is 10.1. The van der Waals surface area contributed by atoms with Gasteiger partial charge in [-0.15, -0.1) is 0 Å². The Morgan fingerprint density at radius 1 is 1.24 bits per heavy atom. The summed E-state index contributed by atoms with van der Waals surface area (Å²) in [6.45, 7) is 4.10. The first kappa shape index (κ1) is 20.7. The molecule has 3 amide bonds. The first-order valence-electron chi connectivity index (χ1n) is 9.43. The second-order valence-electron chi connectivity index (χ2n) is 6.79. The van der Waals surface area contributed by atoms with Crippen molar-refractivity contribution in [2.75, 3.05) is 28.6 Å². The van der Waals surface area contributed by atoms with Crippen molar-refractivity contribution < 1.29 is 14.4 Å². The highest BCUT2D eigenvalue weighted by atomic mass is 35.5. The van der Waals surface area contributed by atoms with E-state index in [1.165, 1.54) is 0 Å². The molecule has 1 aliphatic rings. The summed E-state index contributed by atoms with van der Waals surface area (Å²) in [5, 5.41) is 9.06. The van der Waals surface area contributed by atoms with Gasteiger partial charge >= 0.3 is 0 Å². The van der Waals surface area contributed by atoms with E-state index in [0.717, 1.165) is 0 Å². The fourth-order valence-corrected chi connectivity index (χ4v) is 3.51. The van der Waals surface area contributed by atoms with Crippen molar-refractivity contribution in [3.05, 3.63) is 53.1 Å². The Bertz CT molecular complexity index is 947. The maximum Gasteiger partial charge on any atom is 0.253 e. The van der Waals surface area contributed by atoms with Crippen LogP contribution in [0.2, 0.25) is 5.02 Å². The summed E-state index contributed by atoms with van der Waals surface area (Å²) < 4.78 is 0. The average molecular weight is 415 g/mol. The number of carbonyl (C=O) groups is 3. The number of nitrogens with one attached hydrogen (secondary N) is 3. The van der Waals surface area contributed by atoms with E-state index in [4.69, 9.17) is 11.6 Å². The van der Waals surface area contributed by atoms with E-state index < -0.39 is 0 Å². The number of anilines is 3. The van der Waals surface area contributed by atoms with E-state index >= 15 is 0 Å². The molecular formula is C21H23ClN4O3. The zero-order valence-corrected chi connectivity index (χ0v) is 17.0. The standard InChI is InChI=1S/C21H23ClN4O3/c1-3-23-21(29)15-9-8-14(22)11-17(15)24-12-20(28)26-13(2)10-19(27)25-16-6-4-5-7-18(16)26/h4-9,11,13,24H,3,10,12H2,1-2H3,(H,23,29)(H,25,27)/t13-/m0/s1. The normalized spacial score (nSPS) is 15.8. The topological polar surface area (TPSA) is 90.5 Å². The van der Waals surface area contributed by atoms with Gasteiger partial charge in [-0.05, 0) is 44.2 Å². The molecule has 0 fully saturated rings. The fraction of sp³-hybridized carbons (Fsp3) is 0.286. The first-order chi connectivity index (χ1) is 13.9. The van der Waals surface area contributed by atoms with Crippen LogP contribution in [0.5, 0.6) is 0 Å². The minimum atomic E-state index is -0.310. The molecule has 1 atom stereocenters. The Morgan fingerprint density at radius 3 is 2.76 bits per heavy atom. The third kappa shape index (κ3) is 4.68. The van der Waals surface area contributed by atoms with Crippen molar-refractivity contribution in [3.8, 4) is 0 Å². The SMILES string of the molecule is CCNC(=O)c1ccc(Cl)cc1NCC(=O)N1c2ccccc2NC(=O)C[C@@H]1C. The molecule has 152 valence electrons. The summed E-state index contributed by atoms with van der Waals surface area (Å²) in [5.41, 5.74) is 2.13. The van der Waals surface area contributed by atoms with E-state index in [1.54, 1.807) is 41.3 Å². The number of fused-ring (bicyclic) bond motifs is 1. The maximum atomic E-state index is 13.1. The average Bonchev–Trinajstić information content (AvgIpc) is 2.80. The van der Waals surface area contributed by atoms with Gasteiger partial charge in [0.15, 0.2) is 0 Å². The van der Waals surface area contributed by atoms with Crippen molar-refractivity contribution in [2.45, 2.75) is 26.3 Å². The quantitative estimate of drug-likeness (QED) is 0.700. The van der Waals surface area contributed by atoms with Gasteiger partial charge in [0.25, 0.3) is 5.91 Å². The number of halogens is 1. The van der Waals surface area contributed by atoms with Crippen LogP contribution in [0.1, 0.15) is 30.6 Å². The minimum Gasteiger partial charge on any atom is -0.375 e. The zero-order chi connectivity index (χ0) is 21.0.